The van der Waals surface area contributed by atoms with Gasteiger partial charge in [0.1, 0.15) is 5.75 Å². The number of rotatable bonds is 3. The second-order valence-corrected chi connectivity index (χ2v) is 5.79. The van der Waals surface area contributed by atoms with Gasteiger partial charge in [-0.25, -0.2) is 4.98 Å². The molecule has 1 aromatic carbocycles. The van der Waals surface area contributed by atoms with Gasteiger partial charge in [-0.3, -0.25) is 10.1 Å². The summed E-state index contributed by atoms with van der Waals surface area (Å²) in [6.07, 6.45) is 1.62. The van der Waals surface area contributed by atoms with Gasteiger partial charge >= 0.3 is 0 Å². The molecule has 0 saturated heterocycles. The van der Waals surface area contributed by atoms with Crippen LogP contribution in [0.15, 0.2) is 28.2 Å². The molecule has 94 valence electrons. The number of nitrogens with one attached hydrogen (secondary N) is 1. The molecule has 0 saturated carbocycles. The molecule has 0 atom stereocenters. The Labute approximate surface area is 116 Å². The molecule has 2 rings (SSSR count). The van der Waals surface area contributed by atoms with E-state index in [-0.39, 0.29) is 5.91 Å². The molecule has 1 heterocycles. The van der Waals surface area contributed by atoms with Crippen molar-refractivity contribution < 1.29 is 9.53 Å². The Morgan fingerprint density at radius 1 is 1.56 bits per heavy atom. The number of halogens is 1. The van der Waals surface area contributed by atoms with E-state index in [9.17, 15) is 4.79 Å². The average molecular weight is 328 g/mol. The number of nitrogens with zero attached hydrogens (tertiary/aromatic N) is 1. The maximum absolute atomic E-state index is 12.0. The van der Waals surface area contributed by atoms with Crippen molar-refractivity contribution in [3.63, 3.8) is 0 Å². The quantitative estimate of drug-likeness (QED) is 0.850. The molecule has 1 aromatic heterocycles. The summed E-state index contributed by atoms with van der Waals surface area (Å²) in [5.74, 6) is 0.318. The third-order valence-corrected chi connectivity index (χ3v) is 3.59. The standard InChI is InChI=1S/C11H10BrN3O2S/c1-17-6-2-3-7(8(13)4-6)10(16)15-11-14-5-9(12)18-11/h2-5H,13H2,1H3,(H,14,15,16). The van der Waals surface area contributed by atoms with E-state index < -0.39 is 0 Å². The first-order chi connectivity index (χ1) is 8.60. The van der Waals surface area contributed by atoms with Crippen molar-refractivity contribution in [1.29, 1.82) is 0 Å². The summed E-state index contributed by atoms with van der Waals surface area (Å²) in [7, 11) is 1.54. The number of anilines is 2. The topological polar surface area (TPSA) is 77.2 Å². The number of hydrogen-bond acceptors (Lipinski definition) is 5. The first-order valence-corrected chi connectivity index (χ1v) is 6.57. The monoisotopic (exact) mass is 327 g/mol. The molecule has 0 fully saturated rings. The largest absolute Gasteiger partial charge is 0.497 e. The molecule has 7 heteroatoms. The van der Waals surface area contributed by atoms with Gasteiger partial charge in [0.05, 0.1) is 22.7 Å². The highest BCUT2D eigenvalue weighted by molar-refractivity contribution is 9.11. The van der Waals surface area contributed by atoms with E-state index in [1.54, 1.807) is 31.5 Å². The van der Waals surface area contributed by atoms with Crippen LogP contribution in [0.2, 0.25) is 0 Å². The number of ether oxygens (including phenoxy) is 1. The predicted octanol–water partition coefficient (Wildman–Crippen LogP) is 2.75. The number of methoxy groups -OCH3 is 1. The zero-order chi connectivity index (χ0) is 13.1. The van der Waals surface area contributed by atoms with Crippen LogP contribution in [0.3, 0.4) is 0 Å². The minimum atomic E-state index is -0.294. The van der Waals surface area contributed by atoms with Gasteiger partial charge in [0.2, 0.25) is 0 Å². The Bertz CT molecular complexity index is 585. The summed E-state index contributed by atoms with van der Waals surface area (Å²) in [4.78, 5) is 16.0. The maximum Gasteiger partial charge on any atom is 0.259 e. The molecule has 3 N–H and O–H groups in total. The number of carbonyl (C=O) groups is 1. The Balaban J connectivity index is 2.18. The highest BCUT2D eigenvalue weighted by Crippen LogP contribution is 2.25. The smallest absolute Gasteiger partial charge is 0.259 e. The fourth-order valence-electron chi connectivity index (χ4n) is 1.35. The third-order valence-electron chi connectivity index (χ3n) is 2.20. The summed E-state index contributed by atoms with van der Waals surface area (Å²) in [5.41, 5.74) is 6.54. The van der Waals surface area contributed by atoms with Crippen molar-refractivity contribution in [2.45, 2.75) is 0 Å². The lowest BCUT2D eigenvalue weighted by molar-refractivity contribution is 0.102. The van der Waals surface area contributed by atoms with Crippen molar-refractivity contribution in [1.82, 2.24) is 4.98 Å². The summed E-state index contributed by atoms with van der Waals surface area (Å²) in [6, 6.07) is 4.90. The van der Waals surface area contributed by atoms with E-state index in [2.05, 4.69) is 26.2 Å². The van der Waals surface area contributed by atoms with Crippen LogP contribution in [0.4, 0.5) is 10.8 Å². The third kappa shape index (κ3) is 2.80. The van der Waals surface area contributed by atoms with Crippen molar-refractivity contribution in [3.8, 4) is 5.75 Å². The fraction of sp³-hybridized carbons (Fsp3) is 0.0909. The van der Waals surface area contributed by atoms with Gasteiger partial charge in [0, 0.05) is 11.8 Å². The van der Waals surface area contributed by atoms with E-state index in [1.165, 1.54) is 11.3 Å². The average Bonchev–Trinajstić information content (AvgIpc) is 2.74. The first-order valence-electron chi connectivity index (χ1n) is 4.96. The van der Waals surface area contributed by atoms with E-state index in [1.807, 2.05) is 0 Å². The van der Waals surface area contributed by atoms with Crippen LogP contribution >= 0.6 is 27.3 Å². The van der Waals surface area contributed by atoms with E-state index in [0.29, 0.717) is 22.1 Å². The number of amides is 1. The molecular formula is C11H10BrN3O2S. The molecule has 0 spiro atoms. The Kier molecular flexibility index (Phi) is 3.83. The van der Waals surface area contributed by atoms with Gasteiger partial charge in [-0.2, -0.15) is 0 Å². The minimum absolute atomic E-state index is 0.294. The molecule has 0 unspecified atom stereocenters. The SMILES string of the molecule is COc1ccc(C(=O)Nc2ncc(Br)s2)c(N)c1. The van der Waals surface area contributed by atoms with Crippen LogP contribution in [-0.4, -0.2) is 18.0 Å². The summed E-state index contributed by atoms with van der Waals surface area (Å²) in [5, 5.41) is 3.19. The van der Waals surface area contributed by atoms with Gasteiger partial charge in [-0.1, -0.05) is 11.3 Å². The van der Waals surface area contributed by atoms with E-state index in [4.69, 9.17) is 10.5 Å². The second-order valence-electron chi connectivity index (χ2n) is 3.38. The number of hydrogen-bond donors (Lipinski definition) is 2. The van der Waals surface area contributed by atoms with Crippen molar-refractivity contribution in [2.24, 2.45) is 0 Å². The number of benzene rings is 1. The maximum atomic E-state index is 12.0. The van der Waals surface area contributed by atoms with Crippen molar-refractivity contribution in [3.05, 3.63) is 33.7 Å². The van der Waals surface area contributed by atoms with Gasteiger partial charge in [0.25, 0.3) is 5.91 Å². The number of nitrogens with two attached hydrogens (primary N) is 1. The summed E-state index contributed by atoms with van der Waals surface area (Å²) in [6.45, 7) is 0. The Morgan fingerprint density at radius 3 is 2.89 bits per heavy atom. The van der Waals surface area contributed by atoms with Crippen LogP contribution < -0.4 is 15.8 Å². The number of carbonyl (C=O) groups excluding carboxylic acids is 1. The van der Waals surface area contributed by atoms with Gasteiger partial charge in [-0.05, 0) is 28.1 Å². The molecule has 0 bridgehead atoms. The van der Waals surface area contributed by atoms with Crippen molar-refractivity contribution >= 4 is 44.0 Å². The van der Waals surface area contributed by atoms with Crippen LogP contribution in [0.1, 0.15) is 10.4 Å². The van der Waals surface area contributed by atoms with Crippen LogP contribution in [0.25, 0.3) is 0 Å². The van der Waals surface area contributed by atoms with Gasteiger partial charge in [-0.15, -0.1) is 0 Å². The van der Waals surface area contributed by atoms with Crippen LogP contribution in [-0.2, 0) is 0 Å². The Morgan fingerprint density at radius 2 is 2.33 bits per heavy atom. The molecule has 0 aliphatic rings. The molecule has 18 heavy (non-hydrogen) atoms. The zero-order valence-electron chi connectivity index (χ0n) is 9.44. The fourth-order valence-corrected chi connectivity index (χ4v) is 2.45. The number of thiazole rings is 1. The molecule has 2 aromatic rings. The highest BCUT2D eigenvalue weighted by Gasteiger charge is 2.12. The Hall–Kier alpha value is -1.60. The molecule has 5 nitrogen and oxygen atoms in total. The highest BCUT2D eigenvalue weighted by atomic mass is 79.9. The van der Waals surface area contributed by atoms with Crippen LogP contribution in [0.5, 0.6) is 5.75 Å². The second kappa shape index (κ2) is 5.36. The molecule has 1 amide bonds. The molecule has 0 aliphatic carbocycles. The predicted molar refractivity (Wildman–Crippen MR) is 75.2 cm³/mol. The minimum Gasteiger partial charge on any atom is -0.497 e. The van der Waals surface area contributed by atoms with Crippen molar-refractivity contribution in [2.75, 3.05) is 18.2 Å². The van der Waals surface area contributed by atoms with Gasteiger partial charge in [0.15, 0.2) is 5.13 Å². The number of aromatic nitrogens is 1. The molecule has 0 radical (unpaired) electrons. The lowest BCUT2D eigenvalue weighted by Gasteiger charge is -2.07. The lowest BCUT2D eigenvalue weighted by Crippen LogP contribution is -2.13. The molecule has 0 aliphatic heterocycles. The number of nitrogen functional groups attached to an aromatic ring is 1. The van der Waals surface area contributed by atoms with E-state index >= 15 is 0 Å². The normalized spacial score (nSPS) is 10.1. The van der Waals surface area contributed by atoms with Crippen LogP contribution in [0, 0.1) is 0 Å². The van der Waals surface area contributed by atoms with Gasteiger partial charge < -0.3 is 10.5 Å². The molecular weight excluding hydrogens is 318 g/mol. The first kappa shape index (κ1) is 12.8. The summed E-state index contributed by atoms with van der Waals surface area (Å²) < 4.78 is 5.87. The summed E-state index contributed by atoms with van der Waals surface area (Å²) >= 11 is 4.61. The lowest BCUT2D eigenvalue weighted by atomic mass is 10.1. The van der Waals surface area contributed by atoms with E-state index in [0.717, 1.165) is 3.79 Å². The zero-order valence-corrected chi connectivity index (χ0v) is 11.8.